The summed E-state index contributed by atoms with van der Waals surface area (Å²) in [5, 5.41) is 3.21. The summed E-state index contributed by atoms with van der Waals surface area (Å²) in [6, 6.07) is 9.75. The summed E-state index contributed by atoms with van der Waals surface area (Å²) >= 11 is 0. The summed E-state index contributed by atoms with van der Waals surface area (Å²) in [5.74, 6) is 1.35. The van der Waals surface area contributed by atoms with Crippen molar-refractivity contribution in [1.82, 2.24) is 14.9 Å². The molecule has 1 saturated heterocycles. The van der Waals surface area contributed by atoms with Crippen LogP contribution in [0.25, 0.3) is 0 Å². The van der Waals surface area contributed by atoms with Crippen LogP contribution in [0.4, 0.5) is 11.6 Å². The van der Waals surface area contributed by atoms with Gasteiger partial charge in [-0.15, -0.1) is 0 Å². The molecule has 0 unspecified atom stereocenters. The van der Waals surface area contributed by atoms with Gasteiger partial charge in [0, 0.05) is 38.4 Å². The van der Waals surface area contributed by atoms with Gasteiger partial charge in [-0.05, 0) is 31.5 Å². The molecule has 0 spiro atoms. The second kappa shape index (κ2) is 9.39. The van der Waals surface area contributed by atoms with Crippen LogP contribution in [0.5, 0.6) is 5.75 Å². The number of aryl methyl sites for hydroxylation is 1. The van der Waals surface area contributed by atoms with Crippen molar-refractivity contribution in [2.75, 3.05) is 50.1 Å². The monoisotopic (exact) mass is 383 g/mol. The van der Waals surface area contributed by atoms with Crippen LogP contribution in [0.1, 0.15) is 35.9 Å². The lowest BCUT2D eigenvalue weighted by Crippen LogP contribution is -2.49. The van der Waals surface area contributed by atoms with Crippen molar-refractivity contribution < 1.29 is 9.53 Å². The standard InChI is InChI=1S/C21H29N5O2/c1-4-5-10-22-21-23-16(2)15-17(24-21)20(27)26-13-11-25(12-14-26)18-8-6-7-9-19(18)28-3/h6-9,15H,4-5,10-14H2,1-3H3,(H,22,23,24). The first-order chi connectivity index (χ1) is 13.6. The zero-order valence-electron chi connectivity index (χ0n) is 16.9. The molecule has 1 aliphatic heterocycles. The van der Waals surface area contributed by atoms with Crippen LogP contribution in [-0.4, -0.2) is 60.6 Å². The van der Waals surface area contributed by atoms with E-state index in [2.05, 4.69) is 33.2 Å². The van der Waals surface area contributed by atoms with Gasteiger partial charge in [0.15, 0.2) is 0 Å². The number of amides is 1. The van der Waals surface area contributed by atoms with Crippen molar-refractivity contribution >= 4 is 17.5 Å². The molecule has 0 radical (unpaired) electrons. The summed E-state index contributed by atoms with van der Waals surface area (Å²) in [6.45, 7) is 7.67. The minimum Gasteiger partial charge on any atom is -0.495 e. The molecular formula is C21H29N5O2. The molecule has 1 aromatic heterocycles. The van der Waals surface area contributed by atoms with Gasteiger partial charge in [0.1, 0.15) is 11.4 Å². The second-order valence-electron chi connectivity index (χ2n) is 6.95. The summed E-state index contributed by atoms with van der Waals surface area (Å²) in [7, 11) is 1.68. The first-order valence-corrected chi connectivity index (χ1v) is 9.89. The van der Waals surface area contributed by atoms with Crippen molar-refractivity contribution in [3.8, 4) is 5.75 Å². The summed E-state index contributed by atoms with van der Waals surface area (Å²) in [4.78, 5) is 25.9. The molecular weight excluding hydrogens is 354 g/mol. The van der Waals surface area contributed by atoms with Gasteiger partial charge in [-0.2, -0.15) is 0 Å². The zero-order chi connectivity index (χ0) is 19.9. The van der Waals surface area contributed by atoms with E-state index in [0.29, 0.717) is 24.7 Å². The fourth-order valence-electron chi connectivity index (χ4n) is 3.34. The Hall–Kier alpha value is -2.83. The molecule has 0 atom stereocenters. The van der Waals surface area contributed by atoms with Gasteiger partial charge in [0.2, 0.25) is 5.95 Å². The predicted molar refractivity (Wildman–Crippen MR) is 111 cm³/mol. The lowest BCUT2D eigenvalue weighted by Gasteiger charge is -2.36. The smallest absolute Gasteiger partial charge is 0.272 e. The largest absolute Gasteiger partial charge is 0.495 e. The third-order valence-corrected chi connectivity index (χ3v) is 4.88. The Balaban J connectivity index is 1.65. The van der Waals surface area contributed by atoms with E-state index in [9.17, 15) is 4.79 Å². The number of nitrogens with one attached hydrogen (secondary N) is 1. The number of aromatic nitrogens is 2. The lowest BCUT2D eigenvalue weighted by molar-refractivity contribution is 0.0740. The third-order valence-electron chi connectivity index (χ3n) is 4.88. The summed E-state index contributed by atoms with van der Waals surface area (Å²) < 4.78 is 5.46. The first kappa shape index (κ1) is 19.9. The number of methoxy groups -OCH3 is 1. The number of unbranched alkanes of at least 4 members (excludes halogenated alkanes) is 1. The van der Waals surface area contributed by atoms with Gasteiger partial charge >= 0.3 is 0 Å². The summed E-state index contributed by atoms with van der Waals surface area (Å²) in [6.07, 6.45) is 2.15. The van der Waals surface area contributed by atoms with Gasteiger partial charge < -0.3 is 19.9 Å². The number of piperazine rings is 1. The van der Waals surface area contributed by atoms with Crippen molar-refractivity contribution in [2.45, 2.75) is 26.7 Å². The van der Waals surface area contributed by atoms with Gasteiger partial charge in [0.25, 0.3) is 5.91 Å². The normalized spacial score (nSPS) is 14.1. The number of anilines is 2. The molecule has 0 saturated carbocycles. The molecule has 7 nitrogen and oxygen atoms in total. The number of rotatable bonds is 7. The maximum Gasteiger partial charge on any atom is 0.272 e. The quantitative estimate of drug-likeness (QED) is 0.741. The molecule has 2 heterocycles. The molecule has 0 bridgehead atoms. The molecule has 1 aromatic carbocycles. The van der Waals surface area contributed by atoms with E-state index in [-0.39, 0.29) is 5.91 Å². The van der Waals surface area contributed by atoms with Crippen molar-refractivity contribution in [3.63, 3.8) is 0 Å². The highest BCUT2D eigenvalue weighted by Crippen LogP contribution is 2.28. The van der Waals surface area contributed by atoms with Crippen LogP contribution >= 0.6 is 0 Å². The number of ether oxygens (including phenoxy) is 1. The average molecular weight is 383 g/mol. The van der Waals surface area contributed by atoms with Gasteiger partial charge in [-0.25, -0.2) is 9.97 Å². The second-order valence-corrected chi connectivity index (χ2v) is 6.95. The van der Waals surface area contributed by atoms with Crippen LogP contribution in [0, 0.1) is 6.92 Å². The highest BCUT2D eigenvalue weighted by atomic mass is 16.5. The summed E-state index contributed by atoms with van der Waals surface area (Å²) in [5.41, 5.74) is 2.32. The Bertz CT molecular complexity index is 803. The number of hydrogen-bond donors (Lipinski definition) is 1. The maximum atomic E-state index is 13.0. The zero-order valence-corrected chi connectivity index (χ0v) is 16.9. The van der Waals surface area contributed by atoms with Crippen LogP contribution in [-0.2, 0) is 0 Å². The molecule has 3 rings (SSSR count). The van der Waals surface area contributed by atoms with E-state index >= 15 is 0 Å². The lowest BCUT2D eigenvalue weighted by atomic mass is 10.2. The van der Waals surface area contributed by atoms with Gasteiger partial charge in [0.05, 0.1) is 12.8 Å². The van der Waals surface area contributed by atoms with E-state index in [1.165, 1.54) is 0 Å². The topological polar surface area (TPSA) is 70.6 Å². The van der Waals surface area contributed by atoms with E-state index in [1.807, 2.05) is 30.0 Å². The SMILES string of the molecule is CCCCNc1nc(C)cc(C(=O)N2CCN(c3ccccc3OC)CC2)n1. The third kappa shape index (κ3) is 4.71. The predicted octanol–water partition coefficient (Wildman–Crippen LogP) is 2.97. The Labute approximate surface area is 166 Å². The number of carbonyl (C=O) groups is 1. The Kier molecular flexibility index (Phi) is 6.68. The molecule has 1 fully saturated rings. The van der Waals surface area contributed by atoms with Crippen LogP contribution < -0.4 is 15.0 Å². The number of nitrogens with zero attached hydrogens (tertiary/aromatic N) is 4. The molecule has 1 N–H and O–H groups in total. The van der Waals surface area contributed by atoms with Crippen molar-refractivity contribution in [2.24, 2.45) is 0 Å². The highest BCUT2D eigenvalue weighted by molar-refractivity contribution is 5.93. The van der Waals surface area contributed by atoms with Crippen LogP contribution in [0.2, 0.25) is 0 Å². The van der Waals surface area contributed by atoms with Crippen molar-refractivity contribution in [1.29, 1.82) is 0 Å². The molecule has 28 heavy (non-hydrogen) atoms. The minimum absolute atomic E-state index is 0.0382. The molecule has 2 aromatic rings. The number of para-hydroxylation sites is 2. The van der Waals surface area contributed by atoms with Crippen molar-refractivity contribution in [3.05, 3.63) is 41.7 Å². The van der Waals surface area contributed by atoms with Gasteiger partial charge in [-0.1, -0.05) is 25.5 Å². The highest BCUT2D eigenvalue weighted by Gasteiger charge is 2.25. The minimum atomic E-state index is -0.0382. The van der Waals surface area contributed by atoms with E-state index in [4.69, 9.17) is 4.74 Å². The average Bonchev–Trinajstić information content (AvgIpc) is 2.73. The van der Waals surface area contributed by atoms with E-state index in [1.54, 1.807) is 13.2 Å². The van der Waals surface area contributed by atoms with Crippen LogP contribution in [0.3, 0.4) is 0 Å². The van der Waals surface area contributed by atoms with Crippen LogP contribution in [0.15, 0.2) is 30.3 Å². The Morgan fingerprint density at radius 1 is 1.18 bits per heavy atom. The Morgan fingerprint density at radius 2 is 1.93 bits per heavy atom. The molecule has 0 aliphatic carbocycles. The Morgan fingerprint density at radius 3 is 2.64 bits per heavy atom. The molecule has 7 heteroatoms. The van der Waals surface area contributed by atoms with Gasteiger partial charge in [-0.3, -0.25) is 4.79 Å². The number of hydrogen-bond acceptors (Lipinski definition) is 6. The number of carbonyl (C=O) groups excluding carboxylic acids is 1. The number of benzene rings is 1. The van der Waals surface area contributed by atoms with E-state index < -0.39 is 0 Å². The fraction of sp³-hybridized carbons (Fsp3) is 0.476. The molecule has 1 amide bonds. The maximum absolute atomic E-state index is 13.0. The first-order valence-electron chi connectivity index (χ1n) is 9.89. The molecule has 1 aliphatic rings. The molecule has 150 valence electrons. The fourth-order valence-corrected chi connectivity index (χ4v) is 3.34. The van der Waals surface area contributed by atoms with E-state index in [0.717, 1.165) is 49.6 Å².